The Labute approximate surface area is 127 Å². The van der Waals surface area contributed by atoms with Crippen molar-refractivity contribution in [2.45, 2.75) is 46.6 Å². The van der Waals surface area contributed by atoms with Gasteiger partial charge in [0.15, 0.2) is 0 Å². The Morgan fingerprint density at radius 2 is 2.14 bits per heavy atom. The van der Waals surface area contributed by atoms with Crippen LogP contribution in [0, 0.1) is 5.41 Å². The molecule has 0 bridgehead atoms. The molecule has 3 N–H and O–H groups in total. The van der Waals surface area contributed by atoms with Gasteiger partial charge in [-0.05, 0) is 44.2 Å². The predicted molar refractivity (Wildman–Crippen MR) is 85.4 cm³/mol. The molecule has 21 heavy (non-hydrogen) atoms. The third kappa shape index (κ3) is 6.12. The topological polar surface area (TPSA) is 74.2 Å². The number of nitrogens with zero attached hydrogens (tertiary/aromatic N) is 1. The number of amides is 1. The second kappa shape index (κ2) is 7.98. The van der Waals surface area contributed by atoms with E-state index >= 15 is 0 Å². The predicted octanol–water partition coefficient (Wildman–Crippen LogP) is 2.43. The highest BCUT2D eigenvalue weighted by Gasteiger charge is 2.16. The molecule has 0 saturated heterocycles. The molecule has 0 aliphatic carbocycles. The van der Waals surface area contributed by atoms with E-state index in [-0.39, 0.29) is 24.0 Å². The van der Waals surface area contributed by atoms with Crippen molar-refractivity contribution in [3.05, 3.63) is 23.9 Å². The second-order valence-corrected chi connectivity index (χ2v) is 6.38. The number of aliphatic hydroxyl groups excluding tert-OH is 1. The Balaban J connectivity index is 2.53. The van der Waals surface area contributed by atoms with Crippen molar-refractivity contribution < 1.29 is 9.90 Å². The first-order valence-corrected chi connectivity index (χ1v) is 7.46. The minimum absolute atomic E-state index is 0.0939. The summed E-state index contributed by atoms with van der Waals surface area (Å²) in [5.74, 6) is 0.494. The van der Waals surface area contributed by atoms with Crippen LogP contribution in [0.15, 0.2) is 18.3 Å². The van der Waals surface area contributed by atoms with E-state index in [1.54, 1.807) is 18.3 Å². The van der Waals surface area contributed by atoms with Gasteiger partial charge in [0.2, 0.25) is 0 Å². The number of aromatic nitrogens is 1. The number of anilines is 1. The molecule has 0 spiro atoms. The summed E-state index contributed by atoms with van der Waals surface area (Å²) < 4.78 is 0. The lowest BCUT2D eigenvalue weighted by Crippen LogP contribution is -2.28. The first-order valence-electron chi connectivity index (χ1n) is 7.46. The van der Waals surface area contributed by atoms with Gasteiger partial charge >= 0.3 is 0 Å². The van der Waals surface area contributed by atoms with E-state index in [0.717, 1.165) is 12.8 Å². The van der Waals surface area contributed by atoms with Crippen molar-refractivity contribution in [1.82, 2.24) is 10.3 Å². The van der Waals surface area contributed by atoms with E-state index in [0.29, 0.717) is 17.9 Å². The van der Waals surface area contributed by atoms with Crippen LogP contribution in [0.3, 0.4) is 0 Å². The molecule has 0 atom stereocenters. The quantitative estimate of drug-likeness (QED) is 0.644. The molecule has 5 nitrogen and oxygen atoms in total. The van der Waals surface area contributed by atoms with E-state index < -0.39 is 0 Å². The average Bonchev–Trinajstić information content (AvgIpc) is 2.43. The molecule has 1 aromatic rings. The van der Waals surface area contributed by atoms with Crippen molar-refractivity contribution in [3.63, 3.8) is 0 Å². The van der Waals surface area contributed by atoms with Gasteiger partial charge in [-0.25, -0.2) is 4.98 Å². The van der Waals surface area contributed by atoms with Gasteiger partial charge in [-0.3, -0.25) is 4.79 Å². The summed E-state index contributed by atoms with van der Waals surface area (Å²) in [5, 5.41) is 15.3. The van der Waals surface area contributed by atoms with Crippen LogP contribution in [-0.2, 0) is 0 Å². The molecule has 118 valence electrons. The van der Waals surface area contributed by atoms with E-state index in [2.05, 4.69) is 15.6 Å². The zero-order valence-corrected chi connectivity index (χ0v) is 13.4. The molecule has 5 heteroatoms. The number of aliphatic hydroxyl groups is 1. The third-order valence-corrected chi connectivity index (χ3v) is 3.22. The molecular weight excluding hydrogens is 266 g/mol. The lowest BCUT2D eigenvalue weighted by atomic mass is 9.89. The maximum absolute atomic E-state index is 12.2. The molecule has 0 aliphatic rings. The first kappa shape index (κ1) is 17.4. The SMILES string of the molecule is CC(C)Nc1ncccc1C(=O)NCCCC(C)(C)CO. The monoisotopic (exact) mass is 293 g/mol. The molecule has 1 aromatic heterocycles. The van der Waals surface area contributed by atoms with Crippen molar-refractivity contribution >= 4 is 11.7 Å². The van der Waals surface area contributed by atoms with Gasteiger partial charge in [0.05, 0.1) is 5.56 Å². The van der Waals surface area contributed by atoms with Crippen LogP contribution in [0.5, 0.6) is 0 Å². The van der Waals surface area contributed by atoms with Crippen LogP contribution in [0.2, 0.25) is 0 Å². The number of nitrogens with one attached hydrogen (secondary N) is 2. The molecule has 0 saturated carbocycles. The highest BCUT2D eigenvalue weighted by atomic mass is 16.3. The number of pyridine rings is 1. The molecule has 1 heterocycles. The lowest BCUT2D eigenvalue weighted by molar-refractivity contribution is 0.0949. The number of carbonyl (C=O) groups excluding carboxylic acids is 1. The van der Waals surface area contributed by atoms with Gasteiger partial charge in [-0.2, -0.15) is 0 Å². The maximum atomic E-state index is 12.2. The second-order valence-electron chi connectivity index (χ2n) is 6.38. The molecule has 0 unspecified atom stereocenters. The van der Waals surface area contributed by atoms with Gasteiger partial charge < -0.3 is 15.7 Å². The number of carbonyl (C=O) groups is 1. The van der Waals surface area contributed by atoms with Gasteiger partial charge in [-0.15, -0.1) is 0 Å². The van der Waals surface area contributed by atoms with Crippen LogP contribution in [0.1, 0.15) is 50.9 Å². The smallest absolute Gasteiger partial charge is 0.255 e. The highest BCUT2D eigenvalue weighted by Crippen LogP contribution is 2.20. The molecular formula is C16H27N3O2. The minimum atomic E-state index is -0.118. The zero-order chi connectivity index (χ0) is 15.9. The normalized spacial score (nSPS) is 11.5. The average molecular weight is 293 g/mol. The van der Waals surface area contributed by atoms with E-state index in [4.69, 9.17) is 0 Å². The summed E-state index contributed by atoms with van der Waals surface area (Å²) in [7, 11) is 0. The Kier molecular flexibility index (Phi) is 6.62. The maximum Gasteiger partial charge on any atom is 0.255 e. The minimum Gasteiger partial charge on any atom is -0.396 e. The van der Waals surface area contributed by atoms with Gasteiger partial charge in [0.25, 0.3) is 5.91 Å². The number of hydrogen-bond donors (Lipinski definition) is 3. The van der Waals surface area contributed by atoms with Crippen molar-refractivity contribution in [1.29, 1.82) is 0 Å². The summed E-state index contributed by atoms with van der Waals surface area (Å²) >= 11 is 0. The van der Waals surface area contributed by atoms with Crippen LogP contribution in [-0.4, -0.2) is 35.2 Å². The summed E-state index contributed by atoms with van der Waals surface area (Å²) in [5.41, 5.74) is 0.469. The molecule has 1 amide bonds. The van der Waals surface area contributed by atoms with Crippen molar-refractivity contribution in [2.75, 3.05) is 18.5 Å². The van der Waals surface area contributed by atoms with Gasteiger partial charge in [0, 0.05) is 25.4 Å². The zero-order valence-electron chi connectivity index (χ0n) is 13.4. The Hall–Kier alpha value is -1.62. The van der Waals surface area contributed by atoms with Crippen molar-refractivity contribution in [3.8, 4) is 0 Å². The summed E-state index contributed by atoms with van der Waals surface area (Å²) in [4.78, 5) is 16.4. The van der Waals surface area contributed by atoms with E-state index in [9.17, 15) is 9.90 Å². The fourth-order valence-electron chi connectivity index (χ4n) is 1.92. The fourth-order valence-corrected chi connectivity index (χ4v) is 1.92. The molecule has 0 fully saturated rings. The van der Waals surface area contributed by atoms with Gasteiger partial charge in [0.1, 0.15) is 5.82 Å². The summed E-state index contributed by atoms with van der Waals surface area (Å²) in [6.07, 6.45) is 3.38. The highest BCUT2D eigenvalue weighted by molar-refractivity contribution is 5.98. The lowest BCUT2D eigenvalue weighted by Gasteiger charge is -2.21. The van der Waals surface area contributed by atoms with Crippen molar-refractivity contribution in [2.24, 2.45) is 5.41 Å². The first-order chi connectivity index (χ1) is 9.85. The van der Waals surface area contributed by atoms with E-state index in [1.165, 1.54) is 0 Å². The number of rotatable bonds is 8. The molecule has 0 aromatic carbocycles. The van der Waals surface area contributed by atoms with Gasteiger partial charge in [-0.1, -0.05) is 13.8 Å². The molecule has 0 radical (unpaired) electrons. The van der Waals surface area contributed by atoms with Crippen LogP contribution >= 0.6 is 0 Å². The third-order valence-electron chi connectivity index (χ3n) is 3.22. The Bertz CT molecular complexity index is 459. The molecule has 0 aliphatic heterocycles. The fraction of sp³-hybridized carbons (Fsp3) is 0.625. The van der Waals surface area contributed by atoms with Crippen LogP contribution in [0.25, 0.3) is 0 Å². The van der Waals surface area contributed by atoms with E-state index in [1.807, 2.05) is 27.7 Å². The largest absolute Gasteiger partial charge is 0.396 e. The molecule has 1 rings (SSSR count). The van der Waals surface area contributed by atoms with Crippen LogP contribution in [0.4, 0.5) is 5.82 Å². The Morgan fingerprint density at radius 3 is 2.76 bits per heavy atom. The standard InChI is InChI=1S/C16H27N3O2/c1-12(2)19-14-13(7-5-9-17-14)15(21)18-10-6-8-16(3,4)11-20/h5,7,9,12,20H,6,8,10-11H2,1-4H3,(H,17,19)(H,18,21). The summed E-state index contributed by atoms with van der Waals surface area (Å²) in [6.45, 7) is 8.80. The van der Waals surface area contributed by atoms with Crippen LogP contribution < -0.4 is 10.6 Å². The number of hydrogen-bond acceptors (Lipinski definition) is 4. The summed E-state index contributed by atoms with van der Waals surface area (Å²) in [6, 6.07) is 3.75. The Morgan fingerprint density at radius 1 is 1.43 bits per heavy atom.